The molecule has 1 saturated heterocycles. The Morgan fingerprint density at radius 1 is 1.23 bits per heavy atom. The van der Waals surface area contributed by atoms with Crippen LogP contribution < -0.4 is 5.32 Å². The van der Waals surface area contributed by atoms with Gasteiger partial charge in [-0.1, -0.05) is 42.1 Å². The van der Waals surface area contributed by atoms with Gasteiger partial charge in [0.25, 0.3) is 0 Å². The standard InChI is InChI=1S/C21H26N4O4S2/c1-3-25(12-19(26)23-17-9-10-31(28,29)14-17)20(27)13-30-21-22-15(2)11-18(24-21)16-7-5-4-6-8-16/h4-8,11,17H,3,9-10,12-14H2,1-2H3,(H,23,26)/t17-/m1/s1. The van der Waals surface area contributed by atoms with Gasteiger partial charge < -0.3 is 10.2 Å². The lowest BCUT2D eigenvalue weighted by molar-refractivity contribution is -0.134. The number of nitrogens with zero attached hydrogens (tertiary/aromatic N) is 3. The lowest BCUT2D eigenvalue weighted by Crippen LogP contribution is -2.45. The second kappa shape index (κ2) is 10.2. The number of benzene rings is 1. The molecule has 1 atom stereocenters. The van der Waals surface area contributed by atoms with Gasteiger partial charge in [0.1, 0.15) is 0 Å². The van der Waals surface area contributed by atoms with Gasteiger partial charge >= 0.3 is 0 Å². The minimum absolute atomic E-state index is 0.0386. The molecule has 0 radical (unpaired) electrons. The maximum Gasteiger partial charge on any atom is 0.239 e. The zero-order chi connectivity index (χ0) is 22.4. The Hall–Kier alpha value is -2.46. The van der Waals surface area contributed by atoms with Crippen LogP contribution in [0.2, 0.25) is 0 Å². The van der Waals surface area contributed by atoms with Crippen LogP contribution in [0.1, 0.15) is 19.0 Å². The van der Waals surface area contributed by atoms with Crippen molar-refractivity contribution in [2.24, 2.45) is 0 Å². The molecule has 1 N–H and O–H groups in total. The summed E-state index contributed by atoms with van der Waals surface area (Å²) in [4.78, 5) is 35.3. The average Bonchev–Trinajstić information content (AvgIpc) is 3.08. The van der Waals surface area contributed by atoms with E-state index in [9.17, 15) is 18.0 Å². The molecule has 0 unspecified atom stereocenters. The van der Waals surface area contributed by atoms with Gasteiger partial charge in [-0.2, -0.15) is 0 Å². The molecule has 1 aromatic carbocycles. The molecule has 8 nitrogen and oxygen atoms in total. The van der Waals surface area contributed by atoms with Gasteiger partial charge in [0.05, 0.1) is 29.5 Å². The Labute approximate surface area is 186 Å². The van der Waals surface area contributed by atoms with Gasteiger partial charge in [-0.25, -0.2) is 18.4 Å². The van der Waals surface area contributed by atoms with Crippen LogP contribution in [-0.4, -0.2) is 71.5 Å². The third-order valence-corrected chi connectivity index (χ3v) is 7.49. The van der Waals surface area contributed by atoms with E-state index in [1.807, 2.05) is 43.3 Å². The second-order valence-electron chi connectivity index (χ2n) is 7.41. The van der Waals surface area contributed by atoms with Crippen LogP contribution in [0.4, 0.5) is 0 Å². The van der Waals surface area contributed by atoms with Crippen LogP contribution in [0, 0.1) is 6.92 Å². The summed E-state index contributed by atoms with van der Waals surface area (Å²) in [7, 11) is -3.07. The smallest absolute Gasteiger partial charge is 0.239 e. The molecule has 2 heterocycles. The van der Waals surface area contributed by atoms with Gasteiger partial charge in [-0.05, 0) is 26.3 Å². The molecule has 0 saturated carbocycles. The van der Waals surface area contributed by atoms with Gasteiger partial charge in [-0.15, -0.1) is 0 Å². The van der Waals surface area contributed by atoms with E-state index in [1.165, 1.54) is 16.7 Å². The van der Waals surface area contributed by atoms with Crippen LogP contribution in [0.25, 0.3) is 11.3 Å². The first-order valence-electron chi connectivity index (χ1n) is 10.1. The Balaban J connectivity index is 1.56. The van der Waals surface area contributed by atoms with Crippen LogP contribution >= 0.6 is 11.8 Å². The van der Waals surface area contributed by atoms with E-state index in [1.54, 1.807) is 6.92 Å². The summed E-state index contributed by atoms with van der Waals surface area (Å²) in [5.74, 6) is -0.389. The maximum absolute atomic E-state index is 12.6. The molecule has 3 rings (SSSR count). The highest BCUT2D eigenvalue weighted by atomic mass is 32.2. The Kier molecular flexibility index (Phi) is 7.66. The molecule has 10 heteroatoms. The first-order valence-corrected chi connectivity index (χ1v) is 12.9. The van der Waals surface area contributed by atoms with Gasteiger partial charge in [-0.3, -0.25) is 9.59 Å². The normalized spacial score (nSPS) is 17.3. The van der Waals surface area contributed by atoms with E-state index in [0.29, 0.717) is 18.1 Å². The van der Waals surface area contributed by atoms with Crippen LogP contribution in [0.5, 0.6) is 0 Å². The molecule has 166 valence electrons. The summed E-state index contributed by atoms with van der Waals surface area (Å²) in [6.07, 6.45) is 0.415. The van der Waals surface area contributed by atoms with Gasteiger partial charge in [0.15, 0.2) is 15.0 Å². The zero-order valence-electron chi connectivity index (χ0n) is 17.6. The zero-order valence-corrected chi connectivity index (χ0v) is 19.2. The number of hydrogen-bond donors (Lipinski definition) is 1. The van der Waals surface area contributed by atoms with Crippen molar-refractivity contribution >= 4 is 33.4 Å². The number of amides is 2. The van der Waals surface area contributed by atoms with Crippen LogP contribution in [0.3, 0.4) is 0 Å². The van der Waals surface area contributed by atoms with Crippen molar-refractivity contribution in [3.8, 4) is 11.3 Å². The predicted molar refractivity (Wildman–Crippen MR) is 120 cm³/mol. The quantitative estimate of drug-likeness (QED) is 0.470. The fraction of sp³-hybridized carbons (Fsp3) is 0.429. The SMILES string of the molecule is CCN(CC(=O)N[C@@H]1CCS(=O)(=O)C1)C(=O)CSc1nc(C)cc(-c2ccccc2)n1. The van der Waals surface area contributed by atoms with Crippen molar-refractivity contribution in [3.63, 3.8) is 0 Å². The number of rotatable bonds is 8. The monoisotopic (exact) mass is 462 g/mol. The molecule has 1 aromatic heterocycles. The highest BCUT2D eigenvalue weighted by Gasteiger charge is 2.29. The summed E-state index contributed by atoms with van der Waals surface area (Å²) in [6, 6.07) is 11.3. The highest BCUT2D eigenvalue weighted by molar-refractivity contribution is 7.99. The number of thioether (sulfide) groups is 1. The van der Waals surface area contributed by atoms with Crippen molar-refractivity contribution in [1.29, 1.82) is 0 Å². The van der Waals surface area contributed by atoms with E-state index in [2.05, 4.69) is 15.3 Å². The summed E-state index contributed by atoms with van der Waals surface area (Å²) < 4.78 is 23.1. The second-order valence-corrected chi connectivity index (χ2v) is 10.6. The van der Waals surface area contributed by atoms with Crippen molar-refractivity contribution in [3.05, 3.63) is 42.1 Å². The number of likely N-dealkylation sites (N-methyl/N-ethyl adjacent to an activating group) is 1. The Morgan fingerprint density at radius 2 is 1.97 bits per heavy atom. The number of sulfone groups is 1. The predicted octanol–water partition coefficient (Wildman–Crippen LogP) is 1.70. The van der Waals surface area contributed by atoms with Crippen LogP contribution in [-0.2, 0) is 19.4 Å². The summed E-state index contributed by atoms with van der Waals surface area (Å²) in [5.41, 5.74) is 2.57. The molecular formula is C21H26N4O4S2. The summed E-state index contributed by atoms with van der Waals surface area (Å²) in [5, 5.41) is 3.22. The molecule has 1 aliphatic rings. The van der Waals surface area contributed by atoms with Crippen LogP contribution in [0.15, 0.2) is 41.6 Å². The molecule has 31 heavy (non-hydrogen) atoms. The van der Waals surface area contributed by atoms with E-state index >= 15 is 0 Å². The molecule has 0 bridgehead atoms. The first kappa shape index (κ1) is 23.2. The largest absolute Gasteiger partial charge is 0.351 e. The Morgan fingerprint density at radius 3 is 2.61 bits per heavy atom. The molecule has 2 aromatic rings. The minimum atomic E-state index is -3.07. The molecule has 0 spiro atoms. The number of aromatic nitrogens is 2. The van der Waals surface area contributed by atoms with Gasteiger partial charge in [0, 0.05) is 23.8 Å². The fourth-order valence-electron chi connectivity index (χ4n) is 3.31. The van der Waals surface area contributed by atoms with E-state index in [0.717, 1.165) is 17.0 Å². The van der Waals surface area contributed by atoms with E-state index in [-0.39, 0.29) is 41.7 Å². The first-order chi connectivity index (χ1) is 14.8. The Bertz CT molecular complexity index is 1040. The number of nitrogens with one attached hydrogen (secondary N) is 1. The van der Waals surface area contributed by atoms with Crippen molar-refractivity contribution in [2.75, 3.05) is 30.3 Å². The third-order valence-electron chi connectivity index (χ3n) is 4.89. The van der Waals surface area contributed by atoms with Crippen molar-refractivity contribution in [1.82, 2.24) is 20.2 Å². The molecule has 0 aliphatic carbocycles. The fourth-order valence-corrected chi connectivity index (χ4v) is 5.79. The maximum atomic E-state index is 12.6. The topological polar surface area (TPSA) is 109 Å². The van der Waals surface area contributed by atoms with E-state index < -0.39 is 9.84 Å². The molecular weight excluding hydrogens is 436 g/mol. The molecule has 1 fully saturated rings. The minimum Gasteiger partial charge on any atom is -0.351 e. The van der Waals surface area contributed by atoms with Gasteiger partial charge in [0.2, 0.25) is 11.8 Å². The molecule has 2 amide bonds. The number of aryl methyl sites for hydroxylation is 1. The number of carbonyl (C=O) groups is 2. The summed E-state index contributed by atoms with van der Waals surface area (Å²) in [6.45, 7) is 3.95. The summed E-state index contributed by atoms with van der Waals surface area (Å²) >= 11 is 1.23. The van der Waals surface area contributed by atoms with E-state index in [4.69, 9.17) is 0 Å². The van der Waals surface area contributed by atoms with Crippen molar-refractivity contribution < 1.29 is 18.0 Å². The lowest BCUT2D eigenvalue weighted by Gasteiger charge is -2.21. The highest BCUT2D eigenvalue weighted by Crippen LogP contribution is 2.22. The lowest BCUT2D eigenvalue weighted by atomic mass is 10.1. The number of carbonyl (C=O) groups excluding carboxylic acids is 2. The third kappa shape index (κ3) is 6.76. The molecule has 1 aliphatic heterocycles. The number of hydrogen-bond acceptors (Lipinski definition) is 7. The van der Waals surface area contributed by atoms with Crippen molar-refractivity contribution in [2.45, 2.75) is 31.5 Å². The average molecular weight is 463 g/mol.